The van der Waals surface area contributed by atoms with E-state index in [1.807, 2.05) is 31.2 Å². The third kappa shape index (κ3) is 5.13. The minimum absolute atomic E-state index is 0.101. The van der Waals surface area contributed by atoms with Crippen LogP contribution in [0, 0.1) is 0 Å². The maximum atomic E-state index is 11.8. The lowest BCUT2D eigenvalue weighted by molar-refractivity contribution is -0.121. The molecule has 1 atom stereocenters. The van der Waals surface area contributed by atoms with Crippen LogP contribution >= 0.6 is 11.8 Å². The van der Waals surface area contributed by atoms with Crippen molar-refractivity contribution in [3.63, 3.8) is 0 Å². The van der Waals surface area contributed by atoms with E-state index in [1.54, 1.807) is 24.3 Å². The number of hydrogen-bond acceptors (Lipinski definition) is 3. The predicted octanol–water partition coefficient (Wildman–Crippen LogP) is 3.51. The van der Waals surface area contributed by atoms with Gasteiger partial charge in [0.15, 0.2) is 0 Å². The molecular weight excluding hydrogens is 270 g/mol. The Bertz CT molecular complexity index is 511. The first-order valence-electron chi connectivity index (χ1n) is 6.72. The van der Waals surface area contributed by atoms with Gasteiger partial charge in [-0.25, -0.2) is 0 Å². The highest BCUT2D eigenvalue weighted by atomic mass is 32.2. The van der Waals surface area contributed by atoms with Crippen LogP contribution in [-0.2, 0) is 11.2 Å². The standard InChI is InChI=1S/C16H19NO2S/c1-13(11-14-7-9-19-12-14)17-16(18)8-10-20-15-5-3-2-4-6-15/h2-7,9,12-13H,8,10-11H2,1H3,(H,17,18)/t13-/m0/s1. The summed E-state index contributed by atoms with van der Waals surface area (Å²) in [5.74, 6) is 0.901. The normalized spacial score (nSPS) is 12.1. The van der Waals surface area contributed by atoms with E-state index in [4.69, 9.17) is 4.42 Å². The van der Waals surface area contributed by atoms with Crippen LogP contribution in [0.25, 0.3) is 0 Å². The summed E-state index contributed by atoms with van der Waals surface area (Å²) in [5.41, 5.74) is 1.11. The fourth-order valence-corrected chi connectivity index (χ4v) is 2.81. The molecule has 1 N–H and O–H groups in total. The number of furan rings is 1. The summed E-state index contributed by atoms with van der Waals surface area (Å²) in [6.45, 7) is 2.01. The average Bonchev–Trinajstić information content (AvgIpc) is 2.92. The molecule has 0 aliphatic heterocycles. The molecule has 0 fully saturated rings. The van der Waals surface area contributed by atoms with Crippen molar-refractivity contribution >= 4 is 17.7 Å². The summed E-state index contributed by atoms with van der Waals surface area (Å²) in [4.78, 5) is 13.0. The fraction of sp³-hybridized carbons (Fsp3) is 0.312. The van der Waals surface area contributed by atoms with Gasteiger partial charge in [0, 0.05) is 23.1 Å². The van der Waals surface area contributed by atoms with Gasteiger partial charge in [0.1, 0.15) is 0 Å². The molecule has 0 spiro atoms. The molecule has 3 nitrogen and oxygen atoms in total. The van der Waals surface area contributed by atoms with Crippen molar-refractivity contribution in [1.29, 1.82) is 0 Å². The van der Waals surface area contributed by atoms with E-state index < -0.39 is 0 Å². The van der Waals surface area contributed by atoms with Gasteiger partial charge in [0.05, 0.1) is 12.5 Å². The molecule has 1 amide bonds. The van der Waals surface area contributed by atoms with Gasteiger partial charge >= 0.3 is 0 Å². The zero-order valence-corrected chi connectivity index (χ0v) is 12.4. The van der Waals surface area contributed by atoms with Crippen LogP contribution in [0.3, 0.4) is 0 Å². The first kappa shape index (κ1) is 14.7. The van der Waals surface area contributed by atoms with Crippen molar-refractivity contribution < 1.29 is 9.21 Å². The molecule has 0 aliphatic rings. The van der Waals surface area contributed by atoms with Crippen molar-refractivity contribution in [2.75, 3.05) is 5.75 Å². The van der Waals surface area contributed by atoms with E-state index in [1.165, 1.54) is 4.90 Å². The minimum Gasteiger partial charge on any atom is -0.472 e. The third-order valence-electron chi connectivity index (χ3n) is 2.87. The smallest absolute Gasteiger partial charge is 0.221 e. The molecule has 0 unspecified atom stereocenters. The molecule has 0 saturated heterocycles. The van der Waals surface area contributed by atoms with Crippen LogP contribution in [0.15, 0.2) is 58.2 Å². The molecule has 106 valence electrons. The van der Waals surface area contributed by atoms with E-state index in [2.05, 4.69) is 17.4 Å². The van der Waals surface area contributed by atoms with Gasteiger partial charge in [0.25, 0.3) is 0 Å². The lowest BCUT2D eigenvalue weighted by Crippen LogP contribution is -2.34. The van der Waals surface area contributed by atoms with Crippen LogP contribution in [0.5, 0.6) is 0 Å². The zero-order chi connectivity index (χ0) is 14.2. The number of hydrogen-bond donors (Lipinski definition) is 1. The van der Waals surface area contributed by atoms with Gasteiger partial charge in [0.2, 0.25) is 5.91 Å². The number of benzene rings is 1. The molecule has 0 bridgehead atoms. The van der Waals surface area contributed by atoms with E-state index in [9.17, 15) is 4.79 Å². The zero-order valence-electron chi connectivity index (χ0n) is 11.5. The van der Waals surface area contributed by atoms with Gasteiger partial charge in [-0.05, 0) is 37.1 Å². The van der Waals surface area contributed by atoms with Crippen molar-refractivity contribution in [2.45, 2.75) is 30.7 Å². The summed E-state index contributed by atoms with van der Waals surface area (Å²) in [6, 6.07) is 12.2. The second kappa shape index (κ2) is 7.80. The van der Waals surface area contributed by atoms with Crippen LogP contribution in [0.2, 0.25) is 0 Å². The molecule has 2 aromatic rings. The molecular formula is C16H19NO2S. The fourth-order valence-electron chi connectivity index (χ4n) is 1.94. The number of thioether (sulfide) groups is 1. The molecule has 1 heterocycles. The first-order valence-corrected chi connectivity index (χ1v) is 7.71. The molecule has 1 aromatic carbocycles. The summed E-state index contributed by atoms with van der Waals surface area (Å²) in [6.07, 6.45) is 4.71. The minimum atomic E-state index is 0.101. The van der Waals surface area contributed by atoms with E-state index >= 15 is 0 Å². The monoisotopic (exact) mass is 289 g/mol. The summed E-state index contributed by atoms with van der Waals surface area (Å²) < 4.78 is 5.02. The van der Waals surface area contributed by atoms with E-state index in [-0.39, 0.29) is 11.9 Å². The lowest BCUT2D eigenvalue weighted by atomic mass is 10.1. The Morgan fingerprint density at radius 2 is 2.10 bits per heavy atom. The quantitative estimate of drug-likeness (QED) is 0.793. The van der Waals surface area contributed by atoms with E-state index in [0.29, 0.717) is 6.42 Å². The second-order valence-electron chi connectivity index (χ2n) is 4.72. The van der Waals surface area contributed by atoms with Crippen LogP contribution in [-0.4, -0.2) is 17.7 Å². The number of carbonyl (C=O) groups excluding carboxylic acids is 1. The Balaban J connectivity index is 1.65. The van der Waals surface area contributed by atoms with Crippen molar-refractivity contribution in [3.05, 3.63) is 54.5 Å². The summed E-state index contributed by atoms with van der Waals surface area (Å²) >= 11 is 1.71. The highest BCUT2D eigenvalue weighted by Gasteiger charge is 2.08. The first-order chi connectivity index (χ1) is 9.74. The lowest BCUT2D eigenvalue weighted by Gasteiger charge is -2.12. The van der Waals surface area contributed by atoms with Gasteiger partial charge in [-0.15, -0.1) is 11.8 Å². The third-order valence-corrected chi connectivity index (χ3v) is 3.88. The van der Waals surface area contributed by atoms with Gasteiger partial charge in [-0.3, -0.25) is 4.79 Å². The SMILES string of the molecule is C[C@@H](Cc1ccoc1)NC(=O)CCSc1ccccc1. The molecule has 20 heavy (non-hydrogen) atoms. The number of amides is 1. The van der Waals surface area contributed by atoms with E-state index in [0.717, 1.165) is 17.7 Å². The summed E-state index contributed by atoms with van der Waals surface area (Å²) in [5, 5.41) is 3.01. The Labute approximate surface area is 123 Å². The maximum absolute atomic E-state index is 11.8. The molecule has 4 heteroatoms. The topological polar surface area (TPSA) is 42.2 Å². The molecule has 2 rings (SSSR count). The van der Waals surface area contributed by atoms with Crippen LogP contribution in [0.4, 0.5) is 0 Å². The molecule has 0 saturated carbocycles. The number of carbonyl (C=O) groups is 1. The van der Waals surface area contributed by atoms with Crippen molar-refractivity contribution in [1.82, 2.24) is 5.32 Å². The Kier molecular flexibility index (Phi) is 5.74. The van der Waals surface area contributed by atoms with Crippen LogP contribution < -0.4 is 5.32 Å². The molecule has 1 aromatic heterocycles. The maximum Gasteiger partial charge on any atom is 0.221 e. The Hall–Kier alpha value is -1.68. The largest absolute Gasteiger partial charge is 0.472 e. The summed E-state index contributed by atoms with van der Waals surface area (Å²) in [7, 11) is 0. The number of nitrogens with one attached hydrogen (secondary N) is 1. The molecule has 0 radical (unpaired) electrons. The van der Waals surface area contributed by atoms with Crippen LogP contribution in [0.1, 0.15) is 18.9 Å². The van der Waals surface area contributed by atoms with Gasteiger partial charge in [-0.1, -0.05) is 18.2 Å². The molecule has 0 aliphatic carbocycles. The second-order valence-corrected chi connectivity index (χ2v) is 5.88. The predicted molar refractivity (Wildman–Crippen MR) is 81.8 cm³/mol. The Morgan fingerprint density at radius 3 is 2.80 bits per heavy atom. The Morgan fingerprint density at radius 1 is 1.30 bits per heavy atom. The van der Waals surface area contributed by atoms with Crippen molar-refractivity contribution in [2.24, 2.45) is 0 Å². The number of rotatable bonds is 7. The average molecular weight is 289 g/mol. The van der Waals surface area contributed by atoms with Gasteiger partial charge < -0.3 is 9.73 Å². The highest BCUT2D eigenvalue weighted by Crippen LogP contribution is 2.17. The van der Waals surface area contributed by atoms with Crippen molar-refractivity contribution in [3.8, 4) is 0 Å². The highest BCUT2D eigenvalue weighted by molar-refractivity contribution is 7.99. The van der Waals surface area contributed by atoms with Gasteiger partial charge in [-0.2, -0.15) is 0 Å².